The summed E-state index contributed by atoms with van der Waals surface area (Å²) in [7, 11) is 0. The van der Waals surface area contributed by atoms with E-state index in [1.807, 2.05) is 12.1 Å². The summed E-state index contributed by atoms with van der Waals surface area (Å²) in [5.41, 5.74) is 0.898. The molecule has 0 spiro atoms. The Labute approximate surface area is 150 Å². The average molecular weight is 349 g/mol. The van der Waals surface area contributed by atoms with Crippen molar-refractivity contribution < 1.29 is 0 Å². The van der Waals surface area contributed by atoms with E-state index >= 15 is 0 Å². The molecule has 1 aromatic carbocycles. The molecule has 0 radical (unpaired) electrons. The van der Waals surface area contributed by atoms with Crippen molar-refractivity contribution >= 4 is 16.9 Å². The molecule has 0 saturated carbocycles. The fraction of sp³-hybridized carbons (Fsp3) is 0.389. The van der Waals surface area contributed by atoms with Gasteiger partial charge in [0.15, 0.2) is 0 Å². The topological polar surface area (TPSA) is 80.0 Å². The summed E-state index contributed by atoms with van der Waals surface area (Å²) in [6.45, 7) is 4.31. The molecular weight excluding hydrogens is 330 g/mol. The van der Waals surface area contributed by atoms with E-state index in [4.69, 9.17) is 0 Å². The van der Waals surface area contributed by atoms with E-state index in [0.717, 1.165) is 45.0 Å². The summed E-state index contributed by atoms with van der Waals surface area (Å²) in [4.78, 5) is 26.5. The van der Waals surface area contributed by atoms with E-state index in [-0.39, 0.29) is 5.56 Å². The molecule has 2 bridgehead atoms. The van der Waals surface area contributed by atoms with Gasteiger partial charge in [-0.2, -0.15) is 4.68 Å². The number of fused-ring (bicyclic) bond motifs is 5. The Morgan fingerprint density at radius 1 is 0.962 bits per heavy atom. The van der Waals surface area contributed by atoms with Gasteiger partial charge in [0, 0.05) is 32.2 Å². The number of anilines is 1. The van der Waals surface area contributed by atoms with Gasteiger partial charge in [-0.1, -0.05) is 17.3 Å². The number of benzene rings is 1. The zero-order valence-corrected chi connectivity index (χ0v) is 14.3. The molecule has 0 N–H and O–H groups in total. The molecule has 3 saturated heterocycles. The minimum Gasteiger partial charge on any atom is -0.336 e. The van der Waals surface area contributed by atoms with Crippen LogP contribution >= 0.6 is 0 Å². The summed E-state index contributed by atoms with van der Waals surface area (Å²) in [5.74, 6) is 0.726. The molecule has 0 aliphatic carbocycles. The summed E-state index contributed by atoms with van der Waals surface area (Å²) in [6, 6.07) is 7.69. The van der Waals surface area contributed by atoms with Crippen LogP contribution in [0.3, 0.4) is 0 Å². The van der Waals surface area contributed by atoms with Gasteiger partial charge in [-0.3, -0.25) is 4.79 Å². The van der Waals surface area contributed by atoms with E-state index in [1.165, 1.54) is 4.68 Å². The van der Waals surface area contributed by atoms with Gasteiger partial charge >= 0.3 is 0 Å². The molecule has 26 heavy (non-hydrogen) atoms. The van der Waals surface area contributed by atoms with Crippen LogP contribution < -0.4 is 10.5 Å². The minimum absolute atomic E-state index is 0.215. The van der Waals surface area contributed by atoms with Crippen molar-refractivity contribution in [3.8, 4) is 5.69 Å². The Morgan fingerprint density at radius 2 is 1.73 bits per heavy atom. The highest BCUT2D eigenvalue weighted by atomic mass is 16.1. The molecule has 3 aromatic rings. The van der Waals surface area contributed by atoms with Gasteiger partial charge in [-0.05, 0) is 25.0 Å². The first-order valence-corrected chi connectivity index (χ1v) is 8.96. The second kappa shape index (κ2) is 6.14. The molecule has 6 rings (SSSR count). The normalized spacial score (nSPS) is 22.5. The number of rotatable bonds is 2. The minimum atomic E-state index is -0.215. The van der Waals surface area contributed by atoms with Crippen molar-refractivity contribution in [2.75, 3.05) is 31.1 Å². The van der Waals surface area contributed by atoms with Crippen molar-refractivity contribution in [1.82, 2.24) is 29.9 Å². The van der Waals surface area contributed by atoms with Crippen LogP contribution in [0, 0.1) is 0 Å². The Kier molecular flexibility index (Phi) is 3.63. The van der Waals surface area contributed by atoms with Gasteiger partial charge in [0.25, 0.3) is 5.56 Å². The number of piperidine rings is 1. The van der Waals surface area contributed by atoms with E-state index in [9.17, 15) is 4.79 Å². The lowest BCUT2D eigenvalue weighted by atomic mass is 10.1. The molecule has 3 fully saturated rings. The second-order valence-electron chi connectivity index (χ2n) is 6.83. The molecule has 3 aliphatic heterocycles. The van der Waals surface area contributed by atoms with Crippen molar-refractivity contribution in [1.29, 1.82) is 0 Å². The fourth-order valence-corrected chi connectivity index (χ4v) is 3.88. The van der Waals surface area contributed by atoms with E-state index < -0.39 is 0 Å². The van der Waals surface area contributed by atoms with Gasteiger partial charge in [-0.25, -0.2) is 9.97 Å². The molecule has 3 aliphatic rings. The molecule has 8 heteroatoms. The van der Waals surface area contributed by atoms with Crippen molar-refractivity contribution in [3.05, 3.63) is 47.0 Å². The van der Waals surface area contributed by atoms with Crippen LogP contribution in [-0.2, 0) is 0 Å². The highest BCUT2D eigenvalue weighted by Crippen LogP contribution is 2.24. The molecule has 2 aromatic heterocycles. The first-order chi connectivity index (χ1) is 12.8. The molecular formula is C18H19N7O. The fourth-order valence-electron chi connectivity index (χ4n) is 3.88. The van der Waals surface area contributed by atoms with E-state index in [0.29, 0.717) is 22.6 Å². The van der Waals surface area contributed by atoms with Gasteiger partial charge in [0.05, 0.1) is 17.8 Å². The summed E-state index contributed by atoms with van der Waals surface area (Å²) < 4.78 is 1.26. The van der Waals surface area contributed by atoms with Crippen molar-refractivity contribution in [2.45, 2.75) is 18.9 Å². The van der Waals surface area contributed by atoms with Gasteiger partial charge in [0.2, 0.25) is 5.95 Å². The predicted molar refractivity (Wildman–Crippen MR) is 97.5 cm³/mol. The summed E-state index contributed by atoms with van der Waals surface area (Å²) in [6.07, 6.45) is 5.62. The standard InChI is InChI=1S/C18H19N7O/c26-17-15-3-1-2-4-16(15)21-22-25(17)14-11-19-18(20-12-14)24-10-9-23-7-5-13(24)6-8-23/h1-4,11-13H,5-10H2. The van der Waals surface area contributed by atoms with E-state index in [2.05, 4.69) is 30.1 Å². The predicted octanol–water partition coefficient (Wildman–Crippen LogP) is 0.855. The highest BCUT2D eigenvalue weighted by Gasteiger charge is 2.30. The zero-order valence-electron chi connectivity index (χ0n) is 14.3. The first-order valence-electron chi connectivity index (χ1n) is 8.96. The van der Waals surface area contributed by atoms with Gasteiger partial charge in [-0.15, -0.1) is 5.10 Å². The van der Waals surface area contributed by atoms with Crippen molar-refractivity contribution in [2.24, 2.45) is 0 Å². The lowest BCUT2D eigenvalue weighted by molar-refractivity contribution is 0.250. The first kappa shape index (κ1) is 15.4. The zero-order chi connectivity index (χ0) is 17.5. The number of hydrogen-bond acceptors (Lipinski definition) is 7. The Bertz CT molecular complexity index is 992. The quantitative estimate of drug-likeness (QED) is 0.679. The molecule has 0 unspecified atom stereocenters. The molecule has 5 heterocycles. The summed E-state index contributed by atoms with van der Waals surface area (Å²) in [5, 5.41) is 8.67. The molecule has 0 amide bonds. The molecule has 8 nitrogen and oxygen atoms in total. The van der Waals surface area contributed by atoms with Crippen LogP contribution in [0.4, 0.5) is 5.95 Å². The lowest BCUT2D eigenvalue weighted by Gasteiger charge is -2.31. The van der Waals surface area contributed by atoms with Gasteiger partial charge in [0.1, 0.15) is 11.2 Å². The third-order valence-electron chi connectivity index (χ3n) is 5.35. The lowest BCUT2D eigenvalue weighted by Crippen LogP contribution is -2.38. The smallest absolute Gasteiger partial charge is 0.282 e. The third-order valence-corrected chi connectivity index (χ3v) is 5.35. The Morgan fingerprint density at radius 3 is 2.54 bits per heavy atom. The van der Waals surface area contributed by atoms with Crippen LogP contribution in [0.1, 0.15) is 12.8 Å². The maximum absolute atomic E-state index is 12.7. The summed E-state index contributed by atoms with van der Waals surface area (Å²) >= 11 is 0. The Hall–Kier alpha value is -2.87. The maximum atomic E-state index is 12.7. The Balaban J connectivity index is 1.49. The van der Waals surface area contributed by atoms with E-state index in [1.54, 1.807) is 24.5 Å². The number of hydrogen-bond donors (Lipinski definition) is 0. The van der Waals surface area contributed by atoms with Crippen LogP contribution in [0.2, 0.25) is 0 Å². The largest absolute Gasteiger partial charge is 0.336 e. The van der Waals surface area contributed by atoms with Gasteiger partial charge < -0.3 is 9.80 Å². The van der Waals surface area contributed by atoms with Crippen LogP contribution in [0.25, 0.3) is 16.6 Å². The highest BCUT2D eigenvalue weighted by molar-refractivity contribution is 5.76. The van der Waals surface area contributed by atoms with Crippen molar-refractivity contribution in [3.63, 3.8) is 0 Å². The van der Waals surface area contributed by atoms with Crippen LogP contribution in [-0.4, -0.2) is 62.1 Å². The average Bonchev–Trinajstić information content (AvgIpc) is 3.03. The molecule has 132 valence electrons. The maximum Gasteiger partial charge on any atom is 0.282 e. The SMILES string of the molecule is O=c1c2ccccc2nnn1-c1cnc(N2CCN3CCC2CC3)nc1. The molecule has 0 atom stereocenters. The van der Waals surface area contributed by atoms with Crippen LogP contribution in [0.5, 0.6) is 0 Å². The van der Waals surface area contributed by atoms with Crippen LogP contribution in [0.15, 0.2) is 41.5 Å². The number of aromatic nitrogens is 5. The number of nitrogens with zero attached hydrogens (tertiary/aromatic N) is 7. The third kappa shape index (κ3) is 2.53. The second-order valence-corrected chi connectivity index (χ2v) is 6.83. The monoisotopic (exact) mass is 349 g/mol.